The molecule has 0 atom stereocenters. The normalized spacial score (nSPS) is 9.53. The Hall–Kier alpha value is -1.30. The molecule has 0 spiro atoms. The van der Waals surface area contributed by atoms with Crippen molar-refractivity contribution < 1.29 is 0 Å². The molecule has 0 amide bonds. The molecule has 0 N–H and O–H groups in total. The monoisotopic (exact) mass is 200 g/mol. The molecule has 2 aromatic rings. The summed E-state index contributed by atoms with van der Waals surface area (Å²) in [6.07, 6.45) is 2.41. The maximum absolute atomic E-state index is 2.29. The van der Waals surface area contributed by atoms with Gasteiger partial charge in [-0.3, -0.25) is 0 Å². The van der Waals surface area contributed by atoms with E-state index in [1.54, 1.807) is 0 Å². The van der Waals surface area contributed by atoms with E-state index in [9.17, 15) is 0 Å². The SMILES string of the molecule is CC.CCCc1ccc2ccccc2c1. The van der Waals surface area contributed by atoms with Gasteiger partial charge in [-0.1, -0.05) is 69.7 Å². The van der Waals surface area contributed by atoms with Crippen molar-refractivity contribution in [2.24, 2.45) is 0 Å². The van der Waals surface area contributed by atoms with Crippen LogP contribution in [0, 0.1) is 0 Å². The lowest BCUT2D eigenvalue weighted by Crippen LogP contribution is -1.82. The molecule has 0 saturated heterocycles. The Bertz CT molecular complexity index is 401. The van der Waals surface area contributed by atoms with Gasteiger partial charge in [0.25, 0.3) is 0 Å². The second-order valence-corrected chi connectivity index (χ2v) is 3.43. The van der Waals surface area contributed by atoms with E-state index in [0.29, 0.717) is 0 Å². The first kappa shape index (κ1) is 11.8. The van der Waals surface area contributed by atoms with Gasteiger partial charge in [-0.05, 0) is 22.8 Å². The van der Waals surface area contributed by atoms with E-state index in [1.165, 1.54) is 29.2 Å². The Morgan fingerprint density at radius 2 is 1.53 bits per heavy atom. The van der Waals surface area contributed by atoms with Crippen LogP contribution in [-0.2, 0) is 6.42 Å². The summed E-state index contributed by atoms with van der Waals surface area (Å²) in [5.74, 6) is 0. The first-order valence-corrected chi connectivity index (χ1v) is 5.88. The van der Waals surface area contributed by atoms with Gasteiger partial charge in [0.1, 0.15) is 0 Å². The summed E-state index contributed by atoms with van der Waals surface area (Å²) in [6.45, 7) is 6.22. The molecular weight excluding hydrogens is 180 g/mol. The number of fused-ring (bicyclic) bond motifs is 1. The standard InChI is InChI=1S/C13H14.C2H6/c1-2-5-11-8-9-12-6-3-4-7-13(12)10-11;1-2/h3-4,6-10H,2,5H2,1H3;1-2H3. The van der Waals surface area contributed by atoms with Crippen LogP contribution in [0.3, 0.4) is 0 Å². The number of hydrogen-bond acceptors (Lipinski definition) is 0. The van der Waals surface area contributed by atoms with Crippen LogP contribution in [0.25, 0.3) is 10.8 Å². The Balaban J connectivity index is 0.000000531. The van der Waals surface area contributed by atoms with E-state index in [-0.39, 0.29) is 0 Å². The average molecular weight is 200 g/mol. The molecule has 0 aliphatic carbocycles. The van der Waals surface area contributed by atoms with E-state index >= 15 is 0 Å². The van der Waals surface area contributed by atoms with Crippen molar-refractivity contribution in [2.45, 2.75) is 33.6 Å². The van der Waals surface area contributed by atoms with Crippen LogP contribution in [0.15, 0.2) is 42.5 Å². The summed E-state index contributed by atoms with van der Waals surface area (Å²) in [6, 6.07) is 15.2. The zero-order chi connectivity index (χ0) is 11.1. The highest BCUT2D eigenvalue weighted by molar-refractivity contribution is 5.82. The van der Waals surface area contributed by atoms with Crippen LogP contribution in [0.1, 0.15) is 32.8 Å². The Morgan fingerprint density at radius 1 is 0.867 bits per heavy atom. The van der Waals surface area contributed by atoms with Gasteiger partial charge < -0.3 is 0 Å². The molecule has 0 bridgehead atoms. The zero-order valence-electron chi connectivity index (χ0n) is 9.96. The van der Waals surface area contributed by atoms with Crippen molar-refractivity contribution in [1.82, 2.24) is 0 Å². The molecule has 0 heterocycles. The fourth-order valence-electron chi connectivity index (χ4n) is 1.68. The van der Waals surface area contributed by atoms with Crippen LogP contribution in [0.5, 0.6) is 0 Å². The minimum Gasteiger partial charge on any atom is -0.0683 e. The molecule has 15 heavy (non-hydrogen) atoms. The summed E-state index contributed by atoms with van der Waals surface area (Å²) in [5.41, 5.74) is 1.45. The fourth-order valence-corrected chi connectivity index (χ4v) is 1.68. The lowest BCUT2D eigenvalue weighted by Gasteiger charge is -2.01. The fraction of sp³-hybridized carbons (Fsp3) is 0.333. The topological polar surface area (TPSA) is 0 Å². The van der Waals surface area contributed by atoms with Gasteiger partial charge in [-0.25, -0.2) is 0 Å². The second kappa shape index (κ2) is 6.23. The quantitative estimate of drug-likeness (QED) is 0.652. The molecule has 0 aromatic heterocycles. The highest BCUT2D eigenvalue weighted by atomic mass is 14.0. The highest BCUT2D eigenvalue weighted by Crippen LogP contribution is 2.16. The predicted octanol–water partition coefficient (Wildman–Crippen LogP) is 4.82. The minimum atomic E-state index is 1.19. The Kier molecular flexibility index (Phi) is 4.89. The molecule has 2 aromatic carbocycles. The molecule has 2 rings (SSSR count). The van der Waals surface area contributed by atoms with Crippen LogP contribution < -0.4 is 0 Å². The predicted molar refractivity (Wildman–Crippen MR) is 69.3 cm³/mol. The molecule has 0 fully saturated rings. The van der Waals surface area contributed by atoms with Gasteiger partial charge in [0.05, 0.1) is 0 Å². The molecule has 0 radical (unpaired) electrons. The van der Waals surface area contributed by atoms with E-state index in [2.05, 4.69) is 49.4 Å². The average Bonchev–Trinajstić information content (AvgIpc) is 2.32. The number of rotatable bonds is 2. The highest BCUT2D eigenvalue weighted by Gasteiger charge is 1.93. The van der Waals surface area contributed by atoms with E-state index in [0.717, 1.165) is 0 Å². The molecular formula is C15H20. The second-order valence-electron chi connectivity index (χ2n) is 3.43. The van der Waals surface area contributed by atoms with Gasteiger partial charge in [0, 0.05) is 0 Å². The molecule has 0 heteroatoms. The number of aryl methyl sites for hydroxylation is 1. The Morgan fingerprint density at radius 3 is 2.20 bits per heavy atom. The first-order valence-electron chi connectivity index (χ1n) is 5.88. The lowest BCUT2D eigenvalue weighted by molar-refractivity contribution is 0.924. The lowest BCUT2D eigenvalue weighted by atomic mass is 10.0. The first-order chi connectivity index (χ1) is 7.40. The molecule has 0 aliphatic heterocycles. The van der Waals surface area contributed by atoms with E-state index in [4.69, 9.17) is 0 Å². The van der Waals surface area contributed by atoms with Crippen molar-refractivity contribution in [3.05, 3.63) is 48.0 Å². The smallest absolute Gasteiger partial charge is 0.0181 e. The minimum absolute atomic E-state index is 1.19. The molecule has 0 nitrogen and oxygen atoms in total. The molecule has 0 aliphatic rings. The summed E-state index contributed by atoms with van der Waals surface area (Å²) < 4.78 is 0. The third-order valence-electron chi connectivity index (χ3n) is 2.35. The van der Waals surface area contributed by atoms with Crippen molar-refractivity contribution in [2.75, 3.05) is 0 Å². The molecule has 80 valence electrons. The maximum Gasteiger partial charge on any atom is -0.0181 e. The van der Waals surface area contributed by atoms with Crippen molar-refractivity contribution >= 4 is 10.8 Å². The zero-order valence-corrected chi connectivity index (χ0v) is 9.96. The van der Waals surface area contributed by atoms with Crippen LogP contribution in [0.2, 0.25) is 0 Å². The summed E-state index contributed by atoms with van der Waals surface area (Å²) in [5, 5.41) is 2.69. The maximum atomic E-state index is 2.29. The van der Waals surface area contributed by atoms with Crippen LogP contribution in [-0.4, -0.2) is 0 Å². The number of benzene rings is 2. The van der Waals surface area contributed by atoms with Gasteiger partial charge in [0.2, 0.25) is 0 Å². The Labute approximate surface area is 92.9 Å². The van der Waals surface area contributed by atoms with E-state index < -0.39 is 0 Å². The van der Waals surface area contributed by atoms with Crippen molar-refractivity contribution in [1.29, 1.82) is 0 Å². The van der Waals surface area contributed by atoms with Crippen LogP contribution in [0.4, 0.5) is 0 Å². The number of hydrogen-bond donors (Lipinski definition) is 0. The third-order valence-corrected chi connectivity index (χ3v) is 2.35. The molecule has 0 unspecified atom stereocenters. The van der Waals surface area contributed by atoms with Crippen LogP contribution >= 0.6 is 0 Å². The van der Waals surface area contributed by atoms with Gasteiger partial charge >= 0.3 is 0 Å². The summed E-state index contributed by atoms with van der Waals surface area (Å²) in [4.78, 5) is 0. The van der Waals surface area contributed by atoms with Gasteiger partial charge in [0.15, 0.2) is 0 Å². The summed E-state index contributed by atoms with van der Waals surface area (Å²) >= 11 is 0. The van der Waals surface area contributed by atoms with Gasteiger partial charge in [-0.15, -0.1) is 0 Å². The van der Waals surface area contributed by atoms with Crippen molar-refractivity contribution in [3.63, 3.8) is 0 Å². The largest absolute Gasteiger partial charge is 0.0683 e. The summed E-state index contributed by atoms with van der Waals surface area (Å²) in [7, 11) is 0. The van der Waals surface area contributed by atoms with Crippen molar-refractivity contribution in [3.8, 4) is 0 Å². The third kappa shape index (κ3) is 3.09. The molecule has 0 saturated carbocycles. The van der Waals surface area contributed by atoms with E-state index in [1.807, 2.05) is 13.8 Å². The van der Waals surface area contributed by atoms with Gasteiger partial charge in [-0.2, -0.15) is 0 Å².